The van der Waals surface area contributed by atoms with Crippen molar-refractivity contribution in [2.24, 2.45) is 0 Å². The number of hydrogen-bond donors (Lipinski definition) is 1. The fraction of sp³-hybridized carbons (Fsp3) is 1.00. The van der Waals surface area contributed by atoms with Gasteiger partial charge in [-0.3, -0.25) is 4.55 Å². The van der Waals surface area contributed by atoms with Crippen molar-refractivity contribution in [3.8, 4) is 0 Å². The minimum atomic E-state index is -3.84. The zero-order valence-electron chi connectivity index (χ0n) is 7.32. The van der Waals surface area contributed by atoms with Crippen molar-refractivity contribution in [3.05, 3.63) is 0 Å². The first kappa shape index (κ1) is 11.9. The molecule has 1 N–H and O–H groups in total. The predicted octanol–water partition coefficient (Wildman–Crippen LogP) is 1.08. The van der Waals surface area contributed by atoms with Gasteiger partial charge in [0.05, 0.1) is 12.4 Å². The van der Waals surface area contributed by atoms with Crippen LogP contribution in [0.2, 0.25) is 0 Å². The lowest BCUT2D eigenvalue weighted by molar-refractivity contribution is 0.143. The van der Waals surface area contributed by atoms with Crippen LogP contribution in [0.5, 0.6) is 0 Å². The van der Waals surface area contributed by atoms with E-state index in [0.29, 0.717) is 6.61 Å². The summed E-state index contributed by atoms with van der Waals surface area (Å²) in [6, 6.07) is 0. The number of ether oxygens (including phenoxy) is 1. The highest BCUT2D eigenvalue weighted by atomic mass is 32.2. The summed E-state index contributed by atoms with van der Waals surface area (Å²) in [7, 11) is -3.84. The molecule has 12 heavy (non-hydrogen) atoms. The van der Waals surface area contributed by atoms with Gasteiger partial charge in [0.25, 0.3) is 10.1 Å². The highest BCUT2D eigenvalue weighted by molar-refractivity contribution is 7.85. The SMILES string of the molecule is CCCCCOCCS(=O)(=O)O. The Morgan fingerprint density at radius 3 is 2.42 bits per heavy atom. The summed E-state index contributed by atoms with van der Waals surface area (Å²) in [5.41, 5.74) is 0. The molecular formula is C7H16O4S. The molecule has 0 unspecified atom stereocenters. The van der Waals surface area contributed by atoms with E-state index in [1.807, 2.05) is 0 Å². The fourth-order valence-corrected chi connectivity index (χ4v) is 1.05. The topological polar surface area (TPSA) is 63.6 Å². The Morgan fingerprint density at radius 1 is 1.25 bits per heavy atom. The average molecular weight is 196 g/mol. The van der Waals surface area contributed by atoms with Gasteiger partial charge in [-0.05, 0) is 6.42 Å². The summed E-state index contributed by atoms with van der Waals surface area (Å²) >= 11 is 0. The van der Waals surface area contributed by atoms with Crippen LogP contribution in [-0.4, -0.2) is 31.9 Å². The lowest BCUT2D eigenvalue weighted by Crippen LogP contribution is -2.11. The molecule has 0 saturated heterocycles. The molecule has 0 radical (unpaired) electrons. The molecule has 0 aromatic carbocycles. The molecular weight excluding hydrogens is 180 g/mol. The number of unbranched alkanes of at least 4 members (excludes halogenated alkanes) is 2. The minimum Gasteiger partial charge on any atom is -0.380 e. The van der Waals surface area contributed by atoms with Crippen LogP contribution >= 0.6 is 0 Å². The monoisotopic (exact) mass is 196 g/mol. The van der Waals surface area contributed by atoms with E-state index in [9.17, 15) is 8.42 Å². The Morgan fingerprint density at radius 2 is 1.92 bits per heavy atom. The molecule has 0 atom stereocenters. The van der Waals surface area contributed by atoms with E-state index in [1.54, 1.807) is 0 Å². The van der Waals surface area contributed by atoms with Crippen molar-refractivity contribution in [2.75, 3.05) is 19.0 Å². The van der Waals surface area contributed by atoms with E-state index in [1.165, 1.54) is 0 Å². The van der Waals surface area contributed by atoms with Gasteiger partial charge in [0.1, 0.15) is 0 Å². The molecule has 0 amide bonds. The van der Waals surface area contributed by atoms with E-state index in [4.69, 9.17) is 9.29 Å². The maximum Gasteiger partial charge on any atom is 0.267 e. The summed E-state index contributed by atoms with van der Waals surface area (Å²) in [5.74, 6) is -0.306. The van der Waals surface area contributed by atoms with E-state index < -0.39 is 10.1 Å². The normalized spacial score (nSPS) is 11.8. The van der Waals surface area contributed by atoms with Crippen molar-refractivity contribution < 1.29 is 17.7 Å². The highest BCUT2D eigenvalue weighted by Crippen LogP contribution is 1.94. The largest absolute Gasteiger partial charge is 0.380 e. The van der Waals surface area contributed by atoms with Crippen molar-refractivity contribution >= 4 is 10.1 Å². The number of rotatable bonds is 7. The van der Waals surface area contributed by atoms with Gasteiger partial charge in [-0.15, -0.1) is 0 Å². The Kier molecular flexibility index (Phi) is 6.32. The second-order valence-electron chi connectivity index (χ2n) is 2.61. The average Bonchev–Trinajstić information content (AvgIpc) is 1.94. The van der Waals surface area contributed by atoms with Crippen LogP contribution in [0.3, 0.4) is 0 Å². The molecule has 0 aliphatic heterocycles. The summed E-state index contributed by atoms with van der Waals surface area (Å²) in [6.07, 6.45) is 3.15. The lowest BCUT2D eigenvalue weighted by Gasteiger charge is -2.01. The molecule has 0 aromatic heterocycles. The molecule has 0 aliphatic carbocycles. The smallest absolute Gasteiger partial charge is 0.267 e. The quantitative estimate of drug-likeness (QED) is 0.489. The van der Waals surface area contributed by atoms with E-state index in [0.717, 1.165) is 19.3 Å². The lowest BCUT2D eigenvalue weighted by atomic mass is 10.3. The first-order valence-corrected chi connectivity index (χ1v) is 5.70. The van der Waals surface area contributed by atoms with Gasteiger partial charge in [0, 0.05) is 6.61 Å². The first-order valence-electron chi connectivity index (χ1n) is 4.09. The molecule has 0 bridgehead atoms. The zero-order chi connectivity index (χ0) is 9.45. The van der Waals surface area contributed by atoms with Crippen molar-refractivity contribution in [1.29, 1.82) is 0 Å². The Bertz CT molecular complexity index is 186. The zero-order valence-corrected chi connectivity index (χ0v) is 8.14. The Balaban J connectivity index is 3.12. The van der Waals surface area contributed by atoms with Crippen LogP contribution < -0.4 is 0 Å². The van der Waals surface area contributed by atoms with E-state index in [2.05, 4.69) is 6.92 Å². The Labute approximate surface area is 73.7 Å². The molecule has 5 heteroatoms. The van der Waals surface area contributed by atoms with Gasteiger partial charge >= 0.3 is 0 Å². The summed E-state index contributed by atoms with van der Waals surface area (Å²) < 4.78 is 33.7. The molecule has 0 saturated carbocycles. The van der Waals surface area contributed by atoms with E-state index in [-0.39, 0.29) is 12.4 Å². The van der Waals surface area contributed by atoms with Gasteiger partial charge in [0.15, 0.2) is 0 Å². The molecule has 0 heterocycles. The van der Waals surface area contributed by atoms with Crippen LogP contribution in [0.4, 0.5) is 0 Å². The van der Waals surface area contributed by atoms with E-state index >= 15 is 0 Å². The molecule has 4 nitrogen and oxygen atoms in total. The van der Waals surface area contributed by atoms with Crippen LogP contribution in [-0.2, 0) is 14.9 Å². The molecule has 74 valence electrons. The predicted molar refractivity (Wildman–Crippen MR) is 46.8 cm³/mol. The van der Waals surface area contributed by atoms with Crippen molar-refractivity contribution in [1.82, 2.24) is 0 Å². The second-order valence-corrected chi connectivity index (χ2v) is 4.18. The van der Waals surface area contributed by atoms with Gasteiger partial charge in [-0.1, -0.05) is 19.8 Å². The third-order valence-corrected chi connectivity index (χ3v) is 2.06. The van der Waals surface area contributed by atoms with Crippen LogP contribution in [0.15, 0.2) is 0 Å². The highest BCUT2D eigenvalue weighted by Gasteiger charge is 2.02. The van der Waals surface area contributed by atoms with Crippen molar-refractivity contribution in [2.45, 2.75) is 26.2 Å². The van der Waals surface area contributed by atoms with Gasteiger partial charge in [0.2, 0.25) is 0 Å². The molecule has 0 fully saturated rings. The Hall–Kier alpha value is -0.130. The molecule has 0 spiro atoms. The van der Waals surface area contributed by atoms with Crippen LogP contribution in [0, 0.1) is 0 Å². The fourth-order valence-electron chi connectivity index (χ4n) is 0.720. The van der Waals surface area contributed by atoms with Gasteiger partial charge in [-0.2, -0.15) is 8.42 Å². The van der Waals surface area contributed by atoms with Gasteiger partial charge < -0.3 is 4.74 Å². The maximum atomic E-state index is 10.2. The third kappa shape index (κ3) is 9.87. The third-order valence-electron chi connectivity index (χ3n) is 1.38. The van der Waals surface area contributed by atoms with Crippen LogP contribution in [0.25, 0.3) is 0 Å². The van der Waals surface area contributed by atoms with Gasteiger partial charge in [-0.25, -0.2) is 0 Å². The second kappa shape index (κ2) is 6.39. The summed E-state index contributed by atoms with van der Waals surface area (Å²) in [6.45, 7) is 2.74. The van der Waals surface area contributed by atoms with Crippen molar-refractivity contribution in [3.63, 3.8) is 0 Å². The molecule has 0 rings (SSSR count). The number of hydrogen-bond acceptors (Lipinski definition) is 3. The van der Waals surface area contributed by atoms with Crippen LogP contribution in [0.1, 0.15) is 26.2 Å². The first-order chi connectivity index (χ1) is 5.56. The molecule has 0 aliphatic rings. The summed E-state index contributed by atoms with van der Waals surface area (Å²) in [5, 5.41) is 0. The standard InChI is InChI=1S/C7H16O4S/c1-2-3-4-5-11-6-7-12(8,9)10/h2-7H2,1H3,(H,8,9,10). The maximum absolute atomic E-state index is 10.2. The summed E-state index contributed by atoms with van der Waals surface area (Å²) in [4.78, 5) is 0. The molecule has 0 aromatic rings. The minimum absolute atomic E-state index is 0.0859.